The van der Waals surface area contributed by atoms with Crippen LogP contribution in [0, 0.1) is 0 Å². The van der Waals surface area contributed by atoms with Crippen LogP contribution in [0.25, 0.3) is 10.9 Å². The third-order valence-electron chi connectivity index (χ3n) is 1.80. The molecule has 13 heavy (non-hydrogen) atoms. The third kappa shape index (κ3) is 1.43. The highest BCUT2D eigenvalue weighted by Gasteiger charge is 2.03. The summed E-state index contributed by atoms with van der Waals surface area (Å²) in [6.07, 6.45) is 0. The minimum atomic E-state index is 0.452. The normalized spacial score (nSPS) is 10.6. The Morgan fingerprint density at radius 2 is 1.85 bits per heavy atom. The standard InChI is InChI=1S/C9H6Cl2N2/c10-8-4-1-5-7(13-8)3-2-6(12)9(5)11/h1-4H,12H2. The molecule has 0 amide bonds. The molecule has 0 spiro atoms. The van der Waals surface area contributed by atoms with Crippen LogP contribution in [-0.4, -0.2) is 4.98 Å². The van der Waals surface area contributed by atoms with E-state index in [2.05, 4.69) is 4.98 Å². The van der Waals surface area contributed by atoms with E-state index >= 15 is 0 Å². The summed E-state index contributed by atoms with van der Waals surface area (Å²) in [7, 11) is 0. The Bertz CT molecular complexity index is 468. The molecule has 1 aromatic carbocycles. The zero-order chi connectivity index (χ0) is 9.42. The summed E-state index contributed by atoms with van der Waals surface area (Å²) in [6.45, 7) is 0. The molecule has 0 fully saturated rings. The summed E-state index contributed by atoms with van der Waals surface area (Å²) < 4.78 is 0. The second kappa shape index (κ2) is 3.05. The van der Waals surface area contributed by atoms with E-state index in [1.807, 2.05) is 6.07 Å². The predicted molar refractivity (Wildman–Crippen MR) is 56.2 cm³/mol. The molecule has 4 heteroatoms. The highest BCUT2D eigenvalue weighted by molar-refractivity contribution is 6.38. The number of nitrogens with zero attached hydrogens (tertiary/aromatic N) is 1. The lowest BCUT2D eigenvalue weighted by atomic mass is 10.2. The summed E-state index contributed by atoms with van der Waals surface area (Å²) >= 11 is 11.7. The van der Waals surface area contributed by atoms with Crippen molar-refractivity contribution in [1.29, 1.82) is 0 Å². The lowest BCUT2D eigenvalue weighted by molar-refractivity contribution is 1.41. The number of anilines is 1. The van der Waals surface area contributed by atoms with E-state index in [0.29, 0.717) is 15.9 Å². The molecule has 2 aromatic rings. The maximum atomic E-state index is 5.97. The summed E-state index contributed by atoms with van der Waals surface area (Å²) in [6, 6.07) is 7.01. The molecule has 2 N–H and O–H groups in total. The van der Waals surface area contributed by atoms with Gasteiger partial charge in [-0.3, -0.25) is 0 Å². The largest absolute Gasteiger partial charge is 0.398 e. The van der Waals surface area contributed by atoms with Gasteiger partial charge in [0.05, 0.1) is 16.2 Å². The van der Waals surface area contributed by atoms with Gasteiger partial charge < -0.3 is 5.73 Å². The number of aromatic nitrogens is 1. The average Bonchev–Trinajstić information content (AvgIpc) is 2.12. The second-order valence-electron chi connectivity index (χ2n) is 2.67. The van der Waals surface area contributed by atoms with Gasteiger partial charge in [-0.25, -0.2) is 4.98 Å². The zero-order valence-corrected chi connectivity index (χ0v) is 8.10. The molecule has 0 aliphatic heterocycles. The fourth-order valence-electron chi connectivity index (χ4n) is 1.16. The minimum absolute atomic E-state index is 0.452. The molecular formula is C9H6Cl2N2. The molecule has 0 aliphatic rings. The Hall–Kier alpha value is -0.990. The highest BCUT2D eigenvalue weighted by atomic mass is 35.5. The van der Waals surface area contributed by atoms with Gasteiger partial charge >= 0.3 is 0 Å². The fourth-order valence-corrected chi connectivity index (χ4v) is 1.54. The maximum Gasteiger partial charge on any atom is 0.129 e. The van der Waals surface area contributed by atoms with Gasteiger partial charge in [-0.15, -0.1) is 0 Å². The third-order valence-corrected chi connectivity index (χ3v) is 2.43. The molecule has 2 nitrogen and oxygen atoms in total. The van der Waals surface area contributed by atoms with Crippen LogP contribution in [0.4, 0.5) is 5.69 Å². The van der Waals surface area contributed by atoms with E-state index in [1.54, 1.807) is 18.2 Å². The molecule has 66 valence electrons. The summed E-state index contributed by atoms with van der Waals surface area (Å²) in [4.78, 5) is 4.10. The van der Waals surface area contributed by atoms with Gasteiger partial charge in [0.1, 0.15) is 5.15 Å². The quantitative estimate of drug-likeness (QED) is 0.539. The number of benzene rings is 1. The molecular weight excluding hydrogens is 207 g/mol. The highest BCUT2D eigenvalue weighted by Crippen LogP contribution is 2.28. The number of nitrogen functional groups attached to an aromatic ring is 1. The Morgan fingerprint density at radius 3 is 2.62 bits per heavy atom. The van der Waals surface area contributed by atoms with E-state index in [4.69, 9.17) is 28.9 Å². The number of rotatable bonds is 0. The van der Waals surface area contributed by atoms with Gasteiger partial charge in [0.25, 0.3) is 0 Å². The van der Waals surface area contributed by atoms with Crippen molar-refractivity contribution in [3.05, 3.63) is 34.4 Å². The SMILES string of the molecule is Nc1ccc2nc(Cl)ccc2c1Cl. The van der Waals surface area contributed by atoms with E-state index in [9.17, 15) is 0 Å². The number of halogens is 2. The first-order valence-corrected chi connectivity index (χ1v) is 4.44. The lowest BCUT2D eigenvalue weighted by Gasteiger charge is -2.02. The first-order valence-electron chi connectivity index (χ1n) is 3.69. The molecule has 1 heterocycles. The Balaban J connectivity index is 2.87. The van der Waals surface area contributed by atoms with E-state index in [1.165, 1.54) is 0 Å². The van der Waals surface area contributed by atoms with Crippen LogP contribution >= 0.6 is 23.2 Å². The van der Waals surface area contributed by atoms with Crippen LogP contribution in [0.5, 0.6) is 0 Å². The van der Waals surface area contributed by atoms with Crippen molar-refractivity contribution < 1.29 is 0 Å². The first kappa shape index (κ1) is 8.60. The van der Waals surface area contributed by atoms with Gasteiger partial charge in [-0.2, -0.15) is 0 Å². The van der Waals surface area contributed by atoms with Gasteiger partial charge in [0.15, 0.2) is 0 Å². The van der Waals surface area contributed by atoms with Crippen LogP contribution in [0.15, 0.2) is 24.3 Å². The molecule has 0 radical (unpaired) electrons. The lowest BCUT2D eigenvalue weighted by Crippen LogP contribution is -1.88. The number of hydrogen-bond donors (Lipinski definition) is 1. The van der Waals surface area contributed by atoms with Crippen molar-refractivity contribution in [3.8, 4) is 0 Å². The zero-order valence-electron chi connectivity index (χ0n) is 6.59. The molecule has 1 aromatic heterocycles. The average molecular weight is 213 g/mol. The van der Waals surface area contributed by atoms with Gasteiger partial charge in [-0.05, 0) is 24.3 Å². The van der Waals surface area contributed by atoms with Gasteiger partial charge in [-0.1, -0.05) is 23.2 Å². The fraction of sp³-hybridized carbons (Fsp3) is 0. The van der Waals surface area contributed by atoms with Crippen LogP contribution < -0.4 is 5.73 Å². The van der Waals surface area contributed by atoms with Crippen LogP contribution in [0.3, 0.4) is 0 Å². The Morgan fingerprint density at radius 1 is 1.08 bits per heavy atom. The molecule has 2 rings (SSSR count). The summed E-state index contributed by atoms with van der Waals surface area (Å²) in [5.41, 5.74) is 6.94. The second-order valence-corrected chi connectivity index (χ2v) is 3.43. The van der Waals surface area contributed by atoms with Crippen molar-refractivity contribution >= 4 is 39.8 Å². The molecule has 0 bridgehead atoms. The molecule has 0 saturated heterocycles. The molecule has 0 atom stereocenters. The van der Waals surface area contributed by atoms with Crippen LogP contribution in [0.1, 0.15) is 0 Å². The van der Waals surface area contributed by atoms with Gasteiger partial charge in [0.2, 0.25) is 0 Å². The van der Waals surface area contributed by atoms with Crippen molar-refractivity contribution in [2.24, 2.45) is 0 Å². The van der Waals surface area contributed by atoms with E-state index < -0.39 is 0 Å². The van der Waals surface area contributed by atoms with Gasteiger partial charge in [0, 0.05) is 5.39 Å². The van der Waals surface area contributed by atoms with Crippen LogP contribution in [-0.2, 0) is 0 Å². The smallest absolute Gasteiger partial charge is 0.129 e. The summed E-state index contributed by atoms with van der Waals surface area (Å²) in [5.74, 6) is 0. The molecule has 0 unspecified atom stereocenters. The van der Waals surface area contributed by atoms with Crippen molar-refractivity contribution in [2.75, 3.05) is 5.73 Å². The maximum absolute atomic E-state index is 5.97. The number of fused-ring (bicyclic) bond motifs is 1. The topological polar surface area (TPSA) is 38.9 Å². The number of nitrogens with two attached hydrogens (primary N) is 1. The number of hydrogen-bond acceptors (Lipinski definition) is 2. The number of pyridine rings is 1. The van der Waals surface area contributed by atoms with E-state index in [-0.39, 0.29) is 0 Å². The molecule has 0 saturated carbocycles. The van der Waals surface area contributed by atoms with Crippen LogP contribution in [0.2, 0.25) is 10.2 Å². The van der Waals surface area contributed by atoms with Crippen molar-refractivity contribution in [2.45, 2.75) is 0 Å². The Labute approximate surface area is 85.3 Å². The monoisotopic (exact) mass is 212 g/mol. The van der Waals surface area contributed by atoms with Crippen molar-refractivity contribution in [3.63, 3.8) is 0 Å². The Kier molecular flexibility index (Phi) is 2.02. The minimum Gasteiger partial charge on any atom is -0.398 e. The first-order chi connectivity index (χ1) is 6.18. The molecule has 0 aliphatic carbocycles. The summed E-state index contributed by atoms with van der Waals surface area (Å²) in [5, 5.41) is 1.81. The predicted octanol–water partition coefficient (Wildman–Crippen LogP) is 3.12. The van der Waals surface area contributed by atoms with E-state index in [0.717, 1.165) is 10.9 Å². The van der Waals surface area contributed by atoms with Crippen molar-refractivity contribution in [1.82, 2.24) is 4.98 Å².